The van der Waals surface area contributed by atoms with E-state index in [2.05, 4.69) is 20.5 Å². The van der Waals surface area contributed by atoms with Gasteiger partial charge in [-0.05, 0) is 48.5 Å². The van der Waals surface area contributed by atoms with Crippen LogP contribution >= 0.6 is 11.6 Å². The average Bonchev–Trinajstić information content (AvgIpc) is 3.22. The molecule has 7 nitrogen and oxygen atoms in total. The van der Waals surface area contributed by atoms with Gasteiger partial charge in [0.05, 0.1) is 36.5 Å². The highest BCUT2D eigenvalue weighted by atomic mass is 35.5. The van der Waals surface area contributed by atoms with E-state index in [-0.39, 0.29) is 5.91 Å². The molecule has 0 saturated heterocycles. The molecule has 1 amide bonds. The molecule has 0 radical (unpaired) electrons. The summed E-state index contributed by atoms with van der Waals surface area (Å²) in [6.45, 7) is 0. The van der Waals surface area contributed by atoms with E-state index in [0.29, 0.717) is 33.5 Å². The van der Waals surface area contributed by atoms with E-state index >= 15 is 0 Å². The Morgan fingerprint density at radius 2 is 1.94 bits per heavy atom. The Morgan fingerprint density at radius 3 is 2.71 bits per heavy atom. The molecule has 0 aliphatic carbocycles. The second-order valence-corrected chi connectivity index (χ2v) is 7.01. The molecule has 2 N–H and O–H groups in total. The van der Waals surface area contributed by atoms with Crippen molar-refractivity contribution in [2.24, 2.45) is 5.10 Å². The lowest BCUT2D eigenvalue weighted by Gasteiger charge is -2.06. The third kappa shape index (κ3) is 4.36. The summed E-state index contributed by atoms with van der Waals surface area (Å²) in [5.74, 6) is 1.56. The van der Waals surface area contributed by atoms with Gasteiger partial charge >= 0.3 is 0 Å². The fourth-order valence-corrected chi connectivity index (χ4v) is 3.32. The Morgan fingerprint density at radius 1 is 1.10 bits per heavy atom. The summed E-state index contributed by atoms with van der Waals surface area (Å²) >= 11 is 6.26. The quantitative estimate of drug-likeness (QED) is 0.341. The first-order valence-electron chi connectivity index (χ1n) is 9.39. The summed E-state index contributed by atoms with van der Waals surface area (Å²) in [4.78, 5) is 20.3. The molecule has 0 aliphatic rings. The third-order valence-electron chi connectivity index (χ3n) is 4.68. The van der Waals surface area contributed by atoms with Crippen LogP contribution < -0.4 is 14.9 Å². The van der Waals surface area contributed by atoms with Crippen LogP contribution in [0.15, 0.2) is 65.8 Å². The number of methoxy groups -OCH3 is 2. The molecule has 0 spiro atoms. The topological polar surface area (TPSA) is 88.6 Å². The molecule has 4 rings (SSSR count). The minimum Gasteiger partial charge on any atom is -0.497 e. The van der Waals surface area contributed by atoms with Crippen molar-refractivity contribution < 1.29 is 14.3 Å². The van der Waals surface area contributed by atoms with Gasteiger partial charge in [-0.25, -0.2) is 10.4 Å². The summed E-state index contributed by atoms with van der Waals surface area (Å²) in [6.07, 6.45) is 1.50. The molecule has 0 unspecified atom stereocenters. The molecule has 0 atom stereocenters. The molecule has 0 fully saturated rings. The van der Waals surface area contributed by atoms with Crippen LogP contribution in [-0.2, 0) is 0 Å². The zero-order chi connectivity index (χ0) is 21.8. The number of rotatable bonds is 6. The number of aromatic amines is 1. The van der Waals surface area contributed by atoms with Crippen LogP contribution in [0.4, 0.5) is 0 Å². The Labute approximate surface area is 183 Å². The maximum absolute atomic E-state index is 12.6. The molecule has 4 aromatic rings. The number of benzene rings is 3. The van der Waals surface area contributed by atoms with Gasteiger partial charge in [0.25, 0.3) is 5.91 Å². The van der Waals surface area contributed by atoms with E-state index in [1.165, 1.54) is 6.21 Å². The molecule has 0 bridgehead atoms. The summed E-state index contributed by atoms with van der Waals surface area (Å²) in [5.41, 5.74) is 5.90. The number of hydrogen-bond acceptors (Lipinski definition) is 5. The number of carbonyl (C=O) groups excluding carboxylic acids is 1. The number of nitrogens with zero attached hydrogens (tertiary/aromatic N) is 2. The van der Waals surface area contributed by atoms with Gasteiger partial charge in [0.15, 0.2) is 0 Å². The second-order valence-electron chi connectivity index (χ2n) is 6.60. The standard InChI is InChI=1S/C23H19ClN4O3/c1-30-16-8-10-21(31-2)15(11-16)13-25-28-23(29)14-7-9-19-20(12-14)27-22(26-19)17-5-3-4-6-18(17)24/h3-13H,1-2H3,(H,26,27)(H,28,29)/b25-13+. The molecular formula is C23H19ClN4O3. The number of nitrogens with one attached hydrogen (secondary N) is 2. The molecule has 1 aromatic heterocycles. The van der Waals surface area contributed by atoms with E-state index in [9.17, 15) is 4.79 Å². The minimum absolute atomic E-state index is 0.353. The Bertz CT molecular complexity index is 1280. The predicted molar refractivity (Wildman–Crippen MR) is 121 cm³/mol. The van der Waals surface area contributed by atoms with E-state index in [1.54, 1.807) is 56.7 Å². The summed E-state index contributed by atoms with van der Waals surface area (Å²) in [5, 5.41) is 4.64. The first-order valence-corrected chi connectivity index (χ1v) is 9.77. The van der Waals surface area contributed by atoms with Crippen molar-refractivity contribution in [2.75, 3.05) is 14.2 Å². The minimum atomic E-state index is -0.353. The molecule has 0 aliphatic heterocycles. The van der Waals surface area contributed by atoms with Gasteiger partial charge in [0.2, 0.25) is 0 Å². The Balaban J connectivity index is 1.53. The van der Waals surface area contributed by atoms with Gasteiger partial charge in [-0.15, -0.1) is 0 Å². The third-order valence-corrected chi connectivity index (χ3v) is 5.01. The number of carbonyl (C=O) groups is 1. The highest BCUT2D eigenvalue weighted by Crippen LogP contribution is 2.27. The molecular weight excluding hydrogens is 416 g/mol. The lowest BCUT2D eigenvalue weighted by molar-refractivity contribution is 0.0955. The number of H-pyrrole nitrogens is 1. The number of amides is 1. The maximum Gasteiger partial charge on any atom is 0.271 e. The molecule has 31 heavy (non-hydrogen) atoms. The summed E-state index contributed by atoms with van der Waals surface area (Å²) < 4.78 is 10.5. The van der Waals surface area contributed by atoms with Crippen LogP contribution in [0.1, 0.15) is 15.9 Å². The van der Waals surface area contributed by atoms with E-state index in [4.69, 9.17) is 21.1 Å². The monoisotopic (exact) mass is 434 g/mol. The Kier molecular flexibility index (Phi) is 5.86. The van der Waals surface area contributed by atoms with Crippen molar-refractivity contribution in [3.8, 4) is 22.9 Å². The van der Waals surface area contributed by atoms with Crippen molar-refractivity contribution in [3.05, 3.63) is 76.8 Å². The predicted octanol–water partition coefficient (Wildman–Crippen LogP) is 4.66. The van der Waals surface area contributed by atoms with E-state index in [0.717, 1.165) is 16.6 Å². The van der Waals surface area contributed by atoms with Gasteiger partial charge in [-0.2, -0.15) is 5.10 Å². The number of halogens is 1. The largest absolute Gasteiger partial charge is 0.497 e. The van der Waals surface area contributed by atoms with Crippen molar-refractivity contribution in [1.82, 2.24) is 15.4 Å². The SMILES string of the molecule is COc1ccc(OC)c(/C=N/NC(=O)c2ccc3nc(-c4ccccc4Cl)[nH]c3c2)c1. The first-order chi connectivity index (χ1) is 15.1. The zero-order valence-electron chi connectivity index (χ0n) is 16.8. The van der Waals surface area contributed by atoms with Crippen LogP contribution in [0.2, 0.25) is 5.02 Å². The van der Waals surface area contributed by atoms with Crippen molar-refractivity contribution in [3.63, 3.8) is 0 Å². The Hall–Kier alpha value is -3.84. The van der Waals surface area contributed by atoms with E-state index in [1.807, 2.05) is 18.2 Å². The number of ether oxygens (including phenoxy) is 2. The highest BCUT2D eigenvalue weighted by molar-refractivity contribution is 6.33. The van der Waals surface area contributed by atoms with Crippen molar-refractivity contribution >= 4 is 34.8 Å². The number of hydrazone groups is 1. The van der Waals surface area contributed by atoms with Gasteiger partial charge in [0.1, 0.15) is 17.3 Å². The van der Waals surface area contributed by atoms with Crippen molar-refractivity contribution in [2.45, 2.75) is 0 Å². The molecule has 156 valence electrons. The first kappa shape index (κ1) is 20.4. The summed E-state index contributed by atoms with van der Waals surface area (Å²) in [6, 6.07) is 17.9. The molecule has 0 saturated carbocycles. The highest BCUT2D eigenvalue weighted by Gasteiger charge is 2.11. The fraction of sp³-hybridized carbons (Fsp3) is 0.0870. The molecule has 1 heterocycles. The number of aromatic nitrogens is 2. The number of fused-ring (bicyclic) bond motifs is 1. The van der Waals surface area contributed by atoms with Crippen LogP contribution in [0, 0.1) is 0 Å². The zero-order valence-corrected chi connectivity index (χ0v) is 17.6. The van der Waals surface area contributed by atoms with Gasteiger partial charge in [-0.3, -0.25) is 4.79 Å². The van der Waals surface area contributed by atoms with Gasteiger partial charge in [0, 0.05) is 16.7 Å². The van der Waals surface area contributed by atoms with Crippen LogP contribution in [0.5, 0.6) is 11.5 Å². The average molecular weight is 435 g/mol. The van der Waals surface area contributed by atoms with Crippen LogP contribution in [-0.4, -0.2) is 36.3 Å². The lowest BCUT2D eigenvalue weighted by Crippen LogP contribution is -2.17. The lowest BCUT2D eigenvalue weighted by atomic mass is 10.2. The number of imidazole rings is 1. The normalized spacial score (nSPS) is 11.1. The van der Waals surface area contributed by atoms with Gasteiger partial charge in [-0.1, -0.05) is 23.7 Å². The molecule has 8 heteroatoms. The second kappa shape index (κ2) is 8.89. The van der Waals surface area contributed by atoms with Gasteiger partial charge < -0.3 is 14.5 Å². The maximum atomic E-state index is 12.6. The van der Waals surface area contributed by atoms with Crippen LogP contribution in [0.3, 0.4) is 0 Å². The molecule has 3 aromatic carbocycles. The van der Waals surface area contributed by atoms with Crippen LogP contribution in [0.25, 0.3) is 22.4 Å². The summed E-state index contributed by atoms with van der Waals surface area (Å²) in [7, 11) is 3.14. The smallest absolute Gasteiger partial charge is 0.271 e. The van der Waals surface area contributed by atoms with E-state index < -0.39 is 0 Å². The number of hydrogen-bond donors (Lipinski definition) is 2. The fourth-order valence-electron chi connectivity index (χ4n) is 3.10. The van der Waals surface area contributed by atoms with Crippen molar-refractivity contribution in [1.29, 1.82) is 0 Å².